The lowest BCUT2D eigenvalue weighted by atomic mass is 10.3. The maximum Gasteiger partial charge on any atom is 0.266 e. The van der Waals surface area contributed by atoms with Crippen molar-refractivity contribution in [2.45, 2.75) is 20.0 Å². The quantitative estimate of drug-likeness (QED) is 0.476. The number of fused-ring (bicyclic) bond motifs is 1. The van der Waals surface area contributed by atoms with E-state index in [1.165, 1.54) is 6.20 Å². The smallest absolute Gasteiger partial charge is 0.266 e. The van der Waals surface area contributed by atoms with Crippen LogP contribution in [0.3, 0.4) is 0 Å². The molecule has 0 radical (unpaired) electrons. The summed E-state index contributed by atoms with van der Waals surface area (Å²) in [5.41, 5.74) is 2.20. The van der Waals surface area contributed by atoms with Crippen molar-refractivity contribution in [3.63, 3.8) is 0 Å². The van der Waals surface area contributed by atoms with Crippen LogP contribution < -0.4 is 14.8 Å². The maximum atomic E-state index is 12.4. The summed E-state index contributed by atoms with van der Waals surface area (Å²) in [5, 5.41) is 7.61. The topological polar surface area (TPSA) is 91.2 Å². The molecule has 1 unspecified atom stereocenters. The molecule has 0 aliphatic heterocycles. The highest BCUT2D eigenvalue weighted by molar-refractivity contribution is 6.31. The summed E-state index contributed by atoms with van der Waals surface area (Å²) in [5.74, 6) is 1.81. The Hall–Kier alpha value is -3.65. The van der Waals surface area contributed by atoms with Crippen molar-refractivity contribution in [3.05, 3.63) is 65.4 Å². The number of carbonyl (C=O) groups is 1. The predicted octanol–water partition coefficient (Wildman–Crippen LogP) is 4.52. The highest BCUT2D eigenvalue weighted by Gasteiger charge is 2.17. The Balaban J connectivity index is 1.38. The van der Waals surface area contributed by atoms with E-state index in [4.69, 9.17) is 21.1 Å². The summed E-state index contributed by atoms with van der Waals surface area (Å²) in [6.07, 6.45) is 0.843. The highest BCUT2D eigenvalue weighted by Crippen LogP contribution is 2.25. The third-order valence-electron chi connectivity index (χ3n) is 4.46. The van der Waals surface area contributed by atoms with E-state index in [1.807, 2.05) is 6.92 Å². The average Bonchev–Trinajstić information content (AvgIpc) is 3.06. The number of halogens is 1. The lowest BCUT2D eigenvalue weighted by molar-refractivity contribution is -0.122. The predicted molar refractivity (Wildman–Crippen MR) is 118 cm³/mol. The molecule has 2 aromatic heterocycles. The Bertz CT molecular complexity index is 1240. The van der Waals surface area contributed by atoms with E-state index in [2.05, 4.69) is 20.4 Å². The lowest BCUT2D eigenvalue weighted by Crippen LogP contribution is -2.30. The largest absolute Gasteiger partial charge is 0.481 e. The second kappa shape index (κ2) is 8.61. The number of hydrogen-bond donors (Lipinski definition) is 1. The second-order valence-corrected chi connectivity index (χ2v) is 7.40. The van der Waals surface area contributed by atoms with E-state index in [1.54, 1.807) is 67.2 Å². The highest BCUT2D eigenvalue weighted by atomic mass is 35.5. The fourth-order valence-corrected chi connectivity index (χ4v) is 3.10. The summed E-state index contributed by atoms with van der Waals surface area (Å²) in [7, 11) is 1.77. The number of benzene rings is 2. The van der Waals surface area contributed by atoms with E-state index in [9.17, 15) is 4.79 Å². The second-order valence-electron chi connectivity index (χ2n) is 6.96. The Kier molecular flexibility index (Phi) is 5.73. The molecule has 1 amide bonds. The van der Waals surface area contributed by atoms with Gasteiger partial charge in [0.15, 0.2) is 6.10 Å². The van der Waals surface area contributed by atoms with E-state index >= 15 is 0 Å². The SMILES string of the molecule is Cc1cc(NC(=O)C(C)Oc2ccc(Oc3cnc4cc(Cl)ccc4n3)cc2)n(C)n1. The van der Waals surface area contributed by atoms with Crippen molar-refractivity contribution >= 4 is 34.4 Å². The minimum absolute atomic E-state index is 0.269. The molecular formula is C22H20ClN5O3. The zero-order chi connectivity index (χ0) is 22.0. The molecule has 0 aliphatic carbocycles. The van der Waals surface area contributed by atoms with E-state index in [-0.39, 0.29) is 5.91 Å². The average molecular weight is 438 g/mol. The number of aromatic nitrogens is 4. The van der Waals surface area contributed by atoms with Crippen LogP contribution in [0.2, 0.25) is 5.02 Å². The van der Waals surface area contributed by atoms with E-state index in [0.29, 0.717) is 39.3 Å². The fraction of sp³-hybridized carbons (Fsp3) is 0.182. The number of hydrogen-bond acceptors (Lipinski definition) is 6. The van der Waals surface area contributed by atoms with Crippen LogP contribution in [0.5, 0.6) is 17.4 Å². The van der Waals surface area contributed by atoms with Crippen LogP contribution in [-0.4, -0.2) is 31.8 Å². The van der Waals surface area contributed by atoms with Crippen molar-refractivity contribution in [3.8, 4) is 17.4 Å². The van der Waals surface area contributed by atoms with Crippen LogP contribution in [0.15, 0.2) is 54.7 Å². The van der Waals surface area contributed by atoms with Crippen LogP contribution in [0.25, 0.3) is 11.0 Å². The van der Waals surface area contributed by atoms with Gasteiger partial charge < -0.3 is 14.8 Å². The van der Waals surface area contributed by atoms with Crippen LogP contribution in [-0.2, 0) is 11.8 Å². The first-order valence-corrected chi connectivity index (χ1v) is 9.93. The minimum Gasteiger partial charge on any atom is -0.481 e. The van der Waals surface area contributed by atoms with Gasteiger partial charge in [0, 0.05) is 18.1 Å². The van der Waals surface area contributed by atoms with Gasteiger partial charge in [0.2, 0.25) is 5.88 Å². The Morgan fingerprint density at radius 3 is 2.55 bits per heavy atom. The molecule has 0 bridgehead atoms. The number of aryl methyl sites for hydroxylation is 2. The van der Waals surface area contributed by atoms with Gasteiger partial charge in [-0.2, -0.15) is 5.10 Å². The summed E-state index contributed by atoms with van der Waals surface area (Å²) >= 11 is 5.97. The molecule has 1 N–H and O–H groups in total. The van der Waals surface area contributed by atoms with Gasteiger partial charge in [0.05, 0.1) is 22.9 Å². The normalized spacial score (nSPS) is 11.9. The third kappa shape index (κ3) is 4.92. The molecule has 0 aliphatic rings. The molecule has 0 saturated carbocycles. The van der Waals surface area contributed by atoms with Crippen LogP contribution in [0.4, 0.5) is 5.82 Å². The number of ether oxygens (including phenoxy) is 2. The van der Waals surface area contributed by atoms with Gasteiger partial charge >= 0.3 is 0 Å². The van der Waals surface area contributed by atoms with Crippen molar-refractivity contribution in [1.82, 2.24) is 19.7 Å². The van der Waals surface area contributed by atoms with Crippen molar-refractivity contribution in [2.75, 3.05) is 5.32 Å². The van der Waals surface area contributed by atoms with Gasteiger partial charge in [-0.25, -0.2) is 9.97 Å². The van der Waals surface area contributed by atoms with Crippen LogP contribution in [0.1, 0.15) is 12.6 Å². The summed E-state index contributed by atoms with van der Waals surface area (Å²) in [6.45, 7) is 3.54. The molecule has 8 nitrogen and oxygen atoms in total. The van der Waals surface area contributed by atoms with Gasteiger partial charge in [-0.3, -0.25) is 9.48 Å². The Morgan fingerprint density at radius 2 is 1.84 bits per heavy atom. The summed E-state index contributed by atoms with van der Waals surface area (Å²) in [6, 6.07) is 14.0. The lowest BCUT2D eigenvalue weighted by Gasteiger charge is -2.15. The van der Waals surface area contributed by atoms with Gasteiger partial charge in [-0.05, 0) is 56.3 Å². The Morgan fingerprint density at radius 1 is 1.10 bits per heavy atom. The first-order chi connectivity index (χ1) is 14.9. The molecule has 2 aromatic carbocycles. The first-order valence-electron chi connectivity index (χ1n) is 9.56. The molecule has 1 atom stereocenters. The molecule has 0 fully saturated rings. The minimum atomic E-state index is -0.694. The molecule has 158 valence electrons. The molecule has 0 saturated heterocycles. The monoisotopic (exact) mass is 437 g/mol. The van der Waals surface area contributed by atoms with Crippen molar-refractivity contribution < 1.29 is 14.3 Å². The number of rotatable bonds is 6. The number of nitrogens with one attached hydrogen (secondary N) is 1. The van der Waals surface area contributed by atoms with Gasteiger partial charge in [0.25, 0.3) is 5.91 Å². The summed E-state index contributed by atoms with van der Waals surface area (Å²) in [4.78, 5) is 21.1. The molecule has 4 aromatic rings. The van der Waals surface area contributed by atoms with E-state index in [0.717, 1.165) is 5.69 Å². The fourth-order valence-electron chi connectivity index (χ4n) is 2.94. The number of amides is 1. The molecule has 2 heterocycles. The molecule has 31 heavy (non-hydrogen) atoms. The number of carbonyl (C=O) groups excluding carboxylic acids is 1. The molecule has 0 spiro atoms. The first kappa shape index (κ1) is 20.6. The number of anilines is 1. The van der Waals surface area contributed by atoms with Crippen LogP contribution in [0, 0.1) is 6.92 Å². The van der Waals surface area contributed by atoms with Crippen LogP contribution >= 0.6 is 11.6 Å². The zero-order valence-corrected chi connectivity index (χ0v) is 17.9. The molecule has 9 heteroatoms. The molecule has 4 rings (SSSR count). The Labute approximate surface area is 183 Å². The van der Waals surface area contributed by atoms with Crippen molar-refractivity contribution in [2.24, 2.45) is 7.05 Å². The van der Waals surface area contributed by atoms with Gasteiger partial charge in [-0.1, -0.05) is 11.6 Å². The zero-order valence-electron chi connectivity index (χ0n) is 17.2. The van der Waals surface area contributed by atoms with Gasteiger partial charge in [-0.15, -0.1) is 0 Å². The van der Waals surface area contributed by atoms with Crippen molar-refractivity contribution in [1.29, 1.82) is 0 Å². The van der Waals surface area contributed by atoms with E-state index < -0.39 is 6.10 Å². The number of nitrogens with zero attached hydrogens (tertiary/aromatic N) is 4. The standard InChI is InChI=1S/C22H20ClN5O3/c1-13-10-20(28(3)27-13)26-22(29)14(2)30-16-5-7-17(8-6-16)31-21-12-24-19-11-15(23)4-9-18(19)25-21/h4-12,14H,1-3H3,(H,26,29). The molecular weight excluding hydrogens is 418 g/mol. The maximum absolute atomic E-state index is 12.4. The summed E-state index contributed by atoms with van der Waals surface area (Å²) < 4.78 is 13.1. The van der Waals surface area contributed by atoms with Gasteiger partial charge in [0.1, 0.15) is 17.3 Å². The third-order valence-corrected chi connectivity index (χ3v) is 4.70.